The van der Waals surface area contributed by atoms with E-state index in [1.54, 1.807) is 6.07 Å². The zero-order valence-electron chi connectivity index (χ0n) is 11.0. The predicted molar refractivity (Wildman–Crippen MR) is 80.0 cm³/mol. The molecule has 0 fully saturated rings. The third-order valence-electron chi connectivity index (χ3n) is 2.87. The number of amides is 1. The van der Waals surface area contributed by atoms with Gasteiger partial charge in [0.1, 0.15) is 11.7 Å². The van der Waals surface area contributed by atoms with Crippen LogP contribution in [0.5, 0.6) is 0 Å². The van der Waals surface area contributed by atoms with E-state index in [0.29, 0.717) is 12.1 Å². The van der Waals surface area contributed by atoms with E-state index in [2.05, 4.69) is 10.5 Å². The Morgan fingerprint density at radius 1 is 1.43 bits per heavy atom. The number of carbonyl (C=O) groups excluding carboxylic acids is 1. The third kappa shape index (κ3) is 4.03. The van der Waals surface area contributed by atoms with E-state index < -0.39 is 17.6 Å². The molecule has 1 aromatic heterocycles. The maximum absolute atomic E-state index is 13.1. The fraction of sp³-hybridized carbons (Fsp3) is 0.143. The van der Waals surface area contributed by atoms with Crippen LogP contribution in [0.25, 0.3) is 0 Å². The summed E-state index contributed by atoms with van der Waals surface area (Å²) in [6.45, 7) is 0. The second-order valence-electron chi connectivity index (χ2n) is 4.36. The van der Waals surface area contributed by atoms with Crippen molar-refractivity contribution in [1.29, 1.82) is 0 Å². The molecule has 0 saturated heterocycles. The Kier molecular flexibility index (Phi) is 4.89. The minimum Gasteiger partial charge on any atom is -0.409 e. The van der Waals surface area contributed by atoms with Gasteiger partial charge in [-0.25, -0.2) is 4.39 Å². The number of halogens is 1. The number of oxime groups is 1. The van der Waals surface area contributed by atoms with E-state index in [0.717, 1.165) is 4.88 Å². The fourth-order valence-electron chi connectivity index (χ4n) is 1.83. The summed E-state index contributed by atoms with van der Waals surface area (Å²) in [7, 11) is 0. The lowest BCUT2D eigenvalue weighted by molar-refractivity contribution is -0.118. The number of thiophene rings is 1. The molecular formula is C14H14FN3O2S. The topological polar surface area (TPSA) is 87.7 Å². The summed E-state index contributed by atoms with van der Waals surface area (Å²) in [5.74, 6) is -1.91. The molecule has 0 spiro atoms. The van der Waals surface area contributed by atoms with Gasteiger partial charge in [-0.3, -0.25) is 4.79 Å². The van der Waals surface area contributed by atoms with Crippen molar-refractivity contribution in [2.75, 3.05) is 5.32 Å². The molecule has 5 nitrogen and oxygen atoms in total. The first-order valence-electron chi connectivity index (χ1n) is 6.16. The number of nitrogens with zero attached hydrogens (tertiary/aromatic N) is 1. The molecule has 7 heteroatoms. The van der Waals surface area contributed by atoms with E-state index in [4.69, 9.17) is 10.9 Å². The van der Waals surface area contributed by atoms with Gasteiger partial charge in [0.25, 0.3) is 0 Å². The van der Waals surface area contributed by atoms with Gasteiger partial charge in [0, 0.05) is 17.0 Å². The van der Waals surface area contributed by atoms with Gasteiger partial charge in [0.15, 0.2) is 5.84 Å². The zero-order valence-corrected chi connectivity index (χ0v) is 11.8. The maximum Gasteiger partial charge on any atom is 0.235 e. The summed E-state index contributed by atoms with van der Waals surface area (Å²) in [6, 6.07) is 9.25. The quantitative estimate of drug-likeness (QED) is 0.343. The molecule has 1 heterocycles. The molecule has 1 atom stereocenters. The highest BCUT2D eigenvalue weighted by Crippen LogP contribution is 2.17. The van der Waals surface area contributed by atoms with Crippen LogP contribution in [-0.4, -0.2) is 17.0 Å². The van der Waals surface area contributed by atoms with Gasteiger partial charge >= 0.3 is 0 Å². The highest BCUT2D eigenvalue weighted by Gasteiger charge is 2.24. The van der Waals surface area contributed by atoms with Gasteiger partial charge in [0.05, 0.1) is 0 Å². The summed E-state index contributed by atoms with van der Waals surface area (Å²) >= 11 is 1.47. The number of hydrogen-bond acceptors (Lipinski definition) is 4. The second kappa shape index (κ2) is 6.85. The Balaban J connectivity index is 2.14. The van der Waals surface area contributed by atoms with E-state index in [1.807, 2.05) is 17.5 Å². The van der Waals surface area contributed by atoms with E-state index in [9.17, 15) is 9.18 Å². The van der Waals surface area contributed by atoms with Gasteiger partial charge in [-0.2, -0.15) is 0 Å². The monoisotopic (exact) mass is 307 g/mol. The van der Waals surface area contributed by atoms with Gasteiger partial charge in [0.2, 0.25) is 5.91 Å². The number of benzene rings is 1. The van der Waals surface area contributed by atoms with Crippen LogP contribution >= 0.6 is 11.3 Å². The van der Waals surface area contributed by atoms with Crippen molar-refractivity contribution in [3.05, 3.63) is 52.5 Å². The number of carbonyl (C=O) groups is 1. The van der Waals surface area contributed by atoms with Gasteiger partial charge < -0.3 is 16.3 Å². The van der Waals surface area contributed by atoms with Crippen LogP contribution in [0.2, 0.25) is 0 Å². The molecule has 0 aliphatic rings. The summed E-state index contributed by atoms with van der Waals surface area (Å²) in [4.78, 5) is 13.2. The number of amidine groups is 1. The molecule has 1 amide bonds. The number of rotatable bonds is 5. The minimum absolute atomic E-state index is 0.183. The van der Waals surface area contributed by atoms with Crippen LogP contribution in [-0.2, 0) is 11.2 Å². The summed E-state index contributed by atoms with van der Waals surface area (Å²) in [5.41, 5.74) is 5.91. The molecule has 0 radical (unpaired) electrons. The van der Waals surface area contributed by atoms with Crippen molar-refractivity contribution in [2.24, 2.45) is 16.8 Å². The smallest absolute Gasteiger partial charge is 0.235 e. The average molecular weight is 307 g/mol. The van der Waals surface area contributed by atoms with Crippen LogP contribution < -0.4 is 11.1 Å². The lowest BCUT2D eigenvalue weighted by Crippen LogP contribution is -2.36. The second-order valence-corrected chi connectivity index (χ2v) is 5.39. The van der Waals surface area contributed by atoms with Crippen molar-refractivity contribution in [2.45, 2.75) is 6.42 Å². The molecule has 110 valence electrons. The molecule has 0 unspecified atom stereocenters. The lowest BCUT2D eigenvalue weighted by Gasteiger charge is -2.14. The summed E-state index contributed by atoms with van der Waals surface area (Å²) in [6.07, 6.45) is 0.314. The zero-order chi connectivity index (χ0) is 15.2. The average Bonchev–Trinajstić information content (AvgIpc) is 2.97. The summed E-state index contributed by atoms with van der Waals surface area (Å²) in [5, 5.41) is 16.2. The Morgan fingerprint density at radius 3 is 2.86 bits per heavy atom. The Labute approximate surface area is 124 Å². The number of nitrogens with two attached hydrogens (primary N) is 1. The van der Waals surface area contributed by atoms with E-state index in [-0.39, 0.29) is 5.84 Å². The van der Waals surface area contributed by atoms with Crippen molar-refractivity contribution in [3.8, 4) is 0 Å². The summed E-state index contributed by atoms with van der Waals surface area (Å²) < 4.78 is 13.1. The Hall–Kier alpha value is -2.41. The largest absolute Gasteiger partial charge is 0.409 e. The predicted octanol–water partition coefficient (Wildman–Crippen LogP) is 2.43. The third-order valence-corrected chi connectivity index (χ3v) is 3.77. The number of nitrogens with one attached hydrogen (secondary N) is 1. The van der Waals surface area contributed by atoms with E-state index in [1.165, 1.54) is 29.5 Å². The number of hydrogen-bond donors (Lipinski definition) is 3. The Bertz CT molecular complexity index is 643. The lowest BCUT2D eigenvalue weighted by atomic mass is 10.0. The molecule has 0 bridgehead atoms. The van der Waals surface area contributed by atoms with Crippen LogP contribution in [0.1, 0.15) is 4.88 Å². The molecule has 2 aromatic rings. The van der Waals surface area contributed by atoms with Gasteiger partial charge in [-0.05, 0) is 29.6 Å². The van der Waals surface area contributed by atoms with E-state index >= 15 is 0 Å². The molecule has 1 aromatic carbocycles. The minimum atomic E-state index is -0.822. The van der Waals surface area contributed by atoms with Gasteiger partial charge in [-0.1, -0.05) is 17.3 Å². The standard InChI is InChI=1S/C14H14FN3O2S/c15-9-3-1-4-10(7-9)17-14(19)12(13(16)18-20)8-11-5-2-6-21-11/h1-7,12,20H,8H2,(H2,16,18)(H,17,19)/t12-/m0/s1. The van der Waals surface area contributed by atoms with Crippen molar-refractivity contribution in [3.63, 3.8) is 0 Å². The fourth-order valence-corrected chi connectivity index (χ4v) is 2.58. The van der Waals surface area contributed by atoms with Crippen molar-refractivity contribution < 1.29 is 14.4 Å². The highest BCUT2D eigenvalue weighted by molar-refractivity contribution is 7.09. The molecule has 4 N–H and O–H groups in total. The molecule has 2 rings (SSSR count). The van der Waals surface area contributed by atoms with Crippen LogP contribution in [0, 0.1) is 11.7 Å². The Morgan fingerprint density at radius 2 is 2.24 bits per heavy atom. The van der Waals surface area contributed by atoms with Gasteiger partial charge in [-0.15, -0.1) is 11.3 Å². The van der Waals surface area contributed by atoms with Crippen LogP contribution in [0.3, 0.4) is 0 Å². The van der Waals surface area contributed by atoms with Crippen LogP contribution in [0.15, 0.2) is 46.9 Å². The number of anilines is 1. The molecular weight excluding hydrogens is 293 g/mol. The highest BCUT2D eigenvalue weighted by atomic mass is 32.1. The van der Waals surface area contributed by atoms with Crippen LogP contribution in [0.4, 0.5) is 10.1 Å². The first-order chi connectivity index (χ1) is 10.1. The van der Waals surface area contributed by atoms with Crippen molar-refractivity contribution in [1.82, 2.24) is 0 Å². The van der Waals surface area contributed by atoms with Crippen molar-refractivity contribution >= 4 is 28.8 Å². The first kappa shape index (κ1) is 15.0. The molecule has 21 heavy (non-hydrogen) atoms. The molecule has 0 aliphatic heterocycles. The maximum atomic E-state index is 13.1. The normalized spacial score (nSPS) is 12.9. The molecule has 0 aliphatic carbocycles. The first-order valence-corrected chi connectivity index (χ1v) is 7.04. The molecule has 0 saturated carbocycles. The SMILES string of the molecule is N/C(=N/O)[C@H](Cc1cccs1)C(=O)Nc1cccc(F)c1.